The van der Waals surface area contributed by atoms with Crippen molar-refractivity contribution in [3.8, 4) is 11.4 Å². The molecule has 3 rings (SSSR count). The van der Waals surface area contributed by atoms with E-state index in [0.29, 0.717) is 0 Å². The van der Waals surface area contributed by atoms with Gasteiger partial charge in [0.15, 0.2) is 11.0 Å². The monoisotopic (exact) mass is 332 g/mol. The smallest absolute Gasteiger partial charge is 0.191 e. The van der Waals surface area contributed by atoms with Crippen molar-refractivity contribution in [1.29, 1.82) is 0 Å². The summed E-state index contributed by atoms with van der Waals surface area (Å²) in [6.07, 6.45) is 1.16. The van der Waals surface area contributed by atoms with E-state index in [2.05, 4.69) is 44.8 Å². The highest BCUT2D eigenvalue weighted by atomic mass is 32.2. The Morgan fingerprint density at radius 1 is 1.17 bits per heavy atom. The molecule has 1 fully saturated rings. The fourth-order valence-electron chi connectivity index (χ4n) is 2.78. The van der Waals surface area contributed by atoms with Crippen LogP contribution in [0.2, 0.25) is 0 Å². The van der Waals surface area contributed by atoms with Crippen molar-refractivity contribution < 1.29 is 4.74 Å². The second kappa shape index (κ2) is 7.95. The fraction of sp³-hybridized carbons (Fsp3) is 0.529. The summed E-state index contributed by atoms with van der Waals surface area (Å²) in [5.41, 5.74) is 2.38. The van der Waals surface area contributed by atoms with Crippen LogP contribution in [-0.4, -0.2) is 58.3 Å². The lowest BCUT2D eigenvalue weighted by Gasteiger charge is -2.26. The molecular formula is C17H24N4OS. The van der Waals surface area contributed by atoms with Crippen molar-refractivity contribution in [3.63, 3.8) is 0 Å². The number of hydrogen-bond acceptors (Lipinski definition) is 5. The Morgan fingerprint density at radius 3 is 2.74 bits per heavy atom. The first-order valence-electron chi connectivity index (χ1n) is 8.14. The Balaban J connectivity index is 1.54. The molecule has 0 N–H and O–H groups in total. The third kappa shape index (κ3) is 4.13. The van der Waals surface area contributed by atoms with Gasteiger partial charge in [-0.25, -0.2) is 0 Å². The molecule has 0 amide bonds. The number of aromatic nitrogens is 3. The molecule has 23 heavy (non-hydrogen) atoms. The lowest BCUT2D eigenvalue weighted by Crippen LogP contribution is -2.36. The van der Waals surface area contributed by atoms with E-state index in [4.69, 9.17) is 4.74 Å². The molecule has 0 spiro atoms. The molecule has 0 saturated carbocycles. The number of morpholine rings is 1. The standard InChI is InChI=1S/C17H24N4OS/c1-14-6-3-4-7-15(14)16-18-19-17(20(16)2)23-13-5-8-21-9-11-22-12-10-21/h3-4,6-7H,5,8-13H2,1-2H3. The van der Waals surface area contributed by atoms with Gasteiger partial charge in [0.1, 0.15) is 0 Å². The fourth-order valence-corrected chi connectivity index (χ4v) is 3.61. The van der Waals surface area contributed by atoms with Gasteiger partial charge in [-0.2, -0.15) is 0 Å². The van der Waals surface area contributed by atoms with Gasteiger partial charge in [0.25, 0.3) is 0 Å². The molecule has 124 valence electrons. The molecule has 2 aromatic rings. The van der Waals surface area contributed by atoms with Gasteiger partial charge in [0, 0.05) is 31.5 Å². The maximum Gasteiger partial charge on any atom is 0.191 e. The van der Waals surface area contributed by atoms with Crippen molar-refractivity contribution in [1.82, 2.24) is 19.7 Å². The van der Waals surface area contributed by atoms with E-state index in [1.807, 2.05) is 13.1 Å². The Morgan fingerprint density at radius 2 is 1.96 bits per heavy atom. The second-order valence-corrected chi connectivity index (χ2v) is 6.90. The first-order chi connectivity index (χ1) is 11.3. The zero-order chi connectivity index (χ0) is 16.1. The molecular weight excluding hydrogens is 308 g/mol. The highest BCUT2D eigenvalue weighted by molar-refractivity contribution is 7.99. The third-order valence-electron chi connectivity index (χ3n) is 4.17. The predicted molar refractivity (Wildman–Crippen MR) is 93.8 cm³/mol. The number of hydrogen-bond donors (Lipinski definition) is 0. The Hall–Kier alpha value is -1.37. The van der Waals surface area contributed by atoms with Crippen LogP contribution in [0.5, 0.6) is 0 Å². The molecule has 1 aromatic heterocycles. The molecule has 1 aliphatic rings. The van der Waals surface area contributed by atoms with Crippen molar-refractivity contribution in [2.75, 3.05) is 38.6 Å². The largest absolute Gasteiger partial charge is 0.379 e. The average molecular weight is 332 g/mol. The van der Waals surface area contributed by atoms with Gasteiger partial charge in [0.2, 0.25) is 0 Å². The number of nitrogens with zero attached hydrogens (tertiary/aromatic N) is 4. The molecule has 5 nitrogen and oxygen atoms in total. The van der Waals surface area contributed by atoms with Crippen LogP contribution in [-0.2, 0) is 11.8 Å². The topological polar surface area (TPSA) is 43.2 Å². The summed E-state index contributed by atoms with van der Waals surface area (Å²) in [6, 6.07) is 8.31. The van der Waals surface area contributed by atoms with Crippen LogP contribution in [0, 0.1) is 6.92 Å². The van der Waals surface area contributed by atoms with E-state index in [0.717, 1.165) is 61.6 Å². The number of benzene rings is 1. The molecule has 0 bridgehead atoms. The van der Waals surface area contributed by atoms with E-state index in [1.165, 1.54) is 5.56 Å². The van der Waals surface area contributed by atoms with Gasteiger partial charge in [0.05, 0.1) is 13.2 Å². The van der Waals surface area contributed by atoms with Gasteiger partial charge in [-0.15, -0.1) is 10.2 Å². The Bertz CT molecular complexity index is 637. The first kappa shape index (κ1) is 16.5. The minimum absolute atomic E-state index is 0.871. The second-order valence-electron chi connectivity index (χ2n) is 5.84. The minimum Gasteiger partial charge on any atom is -0.379 e. The van der Waals surface area contributed by atoms with Crippen molar-refractivity contribution in [3.05, 3.63) is 29.8 Å². The third-order valence-corrected chi connectivity index (χ3v) is 5.28. The molecule has 6 heteroatoms. The van der Waals surface area contributed by atoms with Crippen molar-refractivity contribution >= 4 is 11.8 Å². The quantitative estimate of drug-likeness (QED) is 0.601. The van der Waals surface area contributed by atoms with Crippen LogP contribution in [0.3, 0.4) is 0 Å². The molecule has 0 radical (unpaired) electrons. The summed E-state index contributed by atoms with van der Waals surface area (Å²) in [7, 11) is 2.05. The molecule has 0 unspecified atom stereocenters. The van der Waals surface area contributed by atoms with Crippen LogP contribution < -0.4 is 0 Å². The van der Waals surface area contributed by atoms with E-state index < -0.39 is 0 Å². The summed E-state index contributed by atoms with van der Waals surface area (Å²) in [5.74, 6) is 2.01. The molecule has 1 saturated heterocycles. The van der Waals surface area contributed by atoms with Crippen LogP contribution in [0.4, 0.5) is 0 Å². The summed E-state index contributed by atoms with van der Waals surface area (Å²) in [4.78, 5) is 2.47. The normalized spacial score (nSPS) is 15.9. The number of ether oxygens (including phenoxy) is 1. The Labute approximate surface area is 142 Å². The minimum atomic E-state index is 0.871. The number of aryl methyl sites for hydroxylation is 1. The van der Waals surface area contributed by atoms with Crippen molar-refractivity contribution in [2.24, 2.45) is 7.05 Å². The van der Waals surface area contributed by atoms with Crippen LogP contribution in [0.25, 0.3) is 11.4 Å². The molecule has 1 aliphatic heterocycles. The maximum absolute atomic E-state index is 5.38. The molecule has 0 aliphatic carbocycles. The lowest BCUT2D eigenvalue weighted by atomic mass is 10.1. The van der Waals surface area contributed by atoms with Crippen LogP contribution in [0.15, 0.2) is 29.4 Å². The van der Waals surface area contributed by atoms with Crippen LogP contribution >= 0.6 is 11.8 Å². The van der Waals surface area contributed by atoms with E-state index in [1.54, 1.807) is 11.8 Å². The summed E-state index contributed by atoms with van der Waals surface area (Å²) in [6.45, 7) is 7.11. The van der Waals surface area contributed by atoms with E-state index in [9.17, 15) is 0 Å². The highest BCUT2D eigenvalue weighted by Gasteiger charge is 2.13. The molecule has 2 heterocycles. The van der Waals surface area contributed by atoms with E-state index >= 15 is 0 Å². The summed E-state index contributed by atoms with van der Waals surface area (Å²) < 4.78 is 7.48. The number of thioether (sulfide) groups is 1. The maximum atomic E-state index is 5.38. The van der Waals surface area contributed by atoms with E-state index in [-0.39, 0.29) is 0 Å². The predicted octanol–water partition coefficient (Wildman–Crippen LogP) is 2.60. The van der Waals surface area contributed by atoms with Gasteiger partial charge in [-0.1, -0.05) is 36.0 Å². The highest BCUT2D eigenvalue weighted by Crippen LogP contribution is 2.25. The molecule has 1 aromatic carbocycles. The first-order valence-corrected chi connectivity index (χ1v) is 9.12. The average Bonchev–Trinajstić information content (AvgIpc) is 2.94. The van der Waals surface area contributed by atoms with Gasteiger partial charge in [-0.05, 0) is 25.5 Å². The van der Waals surface area contributed by atoms with Gasteiger partial charge in [-0.3, -0.25) is 4.90 Å². The van der Waals surface area contributed by atoms with Gasteiger partial charge < -0.3 is 9.30 Å². The zero-order valence-electron chi connectivity index (χ0n) is 13.9. The zero-order valence-corrected chi connectivity index (χ0v) is 14.7. The Kier molecular flexibility index (Phi) is 5.70. The van der Waals surface area contributed by atoms with Gasteiger partial charge >= 0.3 is 0 Å². The summed E-state index contributed by atoms with van der Waals surface area (Å²) >= 11 is 1.79. The lowest BCUT2D eigenvalue weighted by molar-refractivity contribution is 0.0381. The number of rotatable bonds is 6. The SMILES string of the molecule is Cc1ccccc1-c1nnc(SCCCN2CCOCC2)n1C. The van der Waals surface area contributed by atoms with Crippen molar-refractivity contribution in [2.45, 2.75) is 18.5 Å². The molecule has 0 atom stereocenters. The summed E-state index contributed by atoms with van der Waals surface area (Å²) in [5, 5.41) is 9.73. The van der Waals surface area contributed by atoms with Crippen LogP contribution in [0.1, 0.15) is 12.0 Å².